The second-order valence-corrected chi connectivity index (χ2v) is 5.44. The van der Waals surface area contributed by atoms with Crippen LogP contribution in [-0.2, 0) is 13.0 Å². The molecule has 0 unspecified atom stereocenters. The van der Waals surface area contributed by atoms with Crippen LogP contribution in [0.4, 0.5) is 0 Å². The topological polar surface area (TPSA) is 34.1 Å². The first-order valence-corrected chi connectivity index (χ1v) is 7.51. The molecular formula is C15H20N2OS. The summed E-state index contributed by atoms with van der Waals surface area (Å²) in [5.74, 6) is 0.932. The normalized spacial score (nSPS) is 10.9. The minimum absolute atomic E-state index is 0.224. The van der Waals surface area contributed by atoms with E-state index in [1.165, 1.54) is 5.56 Å². The van der Waals surface area contributed by atoms with Gasteiger partial charge in [0.15, 0.2) is 0 Å². The average Bonchev–Trinajstić information content (AvgIpc) is 2.89. The van der Waals surface area contributed by atoms with E-state index in [2.05, 4.69) is 27.8 Å². The average molecular weight is 276 g/mol. The number of ether oxygens (including phenoxy) is 1. The molecule has 3 nitrogen and oxygen atoms in total. The van der Waals surface area contributed by atoms with Gasteiger partial charge in [-0.3, -0.25) is 0 Å². The lowest BCUT2D eigenvalue weighted by Crippen LogP contribution is -2.16. The Kier molecular flexibility index (Phi) is 5.36. The summed E-state index contributed by atoms with van der Waals surface area (Å²) in [6.45, 7) is 5.90. The molecule has 1 aromatic heterocycles. The molecule has 4 heteroatoms. The maximum atomic E-state index is 5.62. The fourth-order valence-corrected chi connectivity index (χ4v) is 2.36. The molecule has 2 aromatic rings. The lowest BCUT2D eigenvalue weighted by molar-refractivity contribution is 0.242. The molecule has 19 heavy (non-hydrogen) atoms. The van der Waals surface area contributed by atoms with Crippen LogP contribution in [0.5, 0.6) is 5.75 Å². The van der Waals surface area contributed by atoms with Gasteiger partial charge in [-0.05, 0) is 31.5 Å². The van der Waals surface area contributed by atoms with E-state index in [-0.39, 0.29) is 6.10 Å². The van der Waals surface area contributed by atoms with Gasteiger partial charge in [-0.2, -0.15) is 0 Å². The highest BCUT2D eigenvalue weighted by molar-refractivity contribution is 7.07. The Balaban J connectivity index is 1.71. The van der Waals surface area contributed by atoms with Crippen molar-refractivity contribution in [2.45, 2.75) is 32.9 Å². The zero-order valence-electron chi connectivity index (χ0n) is 11.4. The van der Waals surface area contributed by atoms with E-state index in [0.29, 0.717) is 0 Å². The van der Waals surface area contributed by atoms with Crippen molar-refractivity contribution >= 4 is 11.3 Å². The minimum Gasteiger partial charge on any atom is -0.491 e. The standard InChI is InChI=1S/C15H20N2OS/c1-12(2)18-15-5-3-13(4-6-15)9-16-8-7-14-10-19-11-17-14/h3-6,10-12,16H,7-9H2,1-2H3. The summed E-state index contributed by atoms with van der Waals surface area (Å²) < 4.78 is 5.62. The molecule has 0 amide bonds. The third kappa shape index (κ3) is 5.01. The zero-order chi connectivity index (χ0) is 13.5. The number of hydrogen-bond donors (Lipinski definition) is 1. The highest BCUT2D eigenvalue weighted by atomic mass is 32.1. The van der Waals surface area contributed by atoms with Crippen LogP contribution < -0.4 is 10.1 Å². The van der Waals surface area contributed by atoms with Gasteiger partial charge in [0.05, 0.1) is 17.3 Å². The van der Waals surface area contributed by atoms with Crippen molar-refractivity contribution in [2.24, 2.45) is 0 Å². The molecule has 1 aromatic carbocycles. The number of nitrogens with one attached hydrogen (secondary N) is 1. The van der Waals surface area contributed by atoms with E-state index in [1.54, 1.807) is 11.3 Å². The molecule has 102 valence electrons. The third-order valence-electron chi connectivity index (χ3n) is 2.67. The highest BCUT2D eigenvalue weighted by Crippen LogP contribution is 2.13. The van der Waals surface area contributed by atoms with Gasteiger partial charge in [0, 0.05) is 24.9 Å². The van der Waals surface area contributed by atoms with Gasteiger partial charge in [0.2, 0.25) is 0 Å². The summed E-state index contributed by atoms with van der Waals surface area (Å²) in [5.41, 5.74) is 4.32. The van der Waals surface area contributed by atoms with Gasteiger partial charge in [0.25, 0.3) is 0 Å². The minimum atomic E-state index is 0.224. The molecule has 2 rings (SSSR count). The van der Waals surface area contributed by atoms with Crippen LogP contribution in [0.15, 0.2) is 35.2 Å². The Morgan fingerprint density at radius 3 is 2.68 bits per heavy atom. The van der Waals surface area contributed by atoms with Crippen LogP contribution in [0.3, 0.4) is 0 Å². The predicted octanol–water partition coefficient (Wildman–Crippen LogP) is 3.26. The molecule has 0 aliphatic carbocycles. The monoisotopic (exact) mass is 276 g/mol. The van der Waals surface area contributed by atoms with Crippen molar-refractivity contribution in [3.8, 4) is 5.75 Å². The maximum absolute atomic E-state index is 5.62. The van der Waals surface area contributed by atoms with E-state index in [9.17, 15) is 0 Å². The molecule has 1 heterocycles. The Hall–Kier alpha value is -1.39. The Morgan fingerprint density at radius 1 is 1.26 bits per heavy atom. The summed E-state index contributed by atoms with van der Waals surface area (Å²) in [4.78, 5) is 4.26. The van der Waals surface area contributed by atoms with Gasteiger partial charge in [-0.1, -0.05) is 12.1 Å². The summed E-state index contributed by atoms with van der Waals surface area (Å²) in [6.07, 6.45) is 1.21. The van der Waals surface area contributed by atoms with Crippen molar-refractivity contribution in [1.82, 2.24) is 10.3 Å². The first kappa shape index (κ1) is 14.0. The number of nitrogens with zero attached hydrogens (tertiary/aromatic N) is 1. The largest absolute Gasteiger partial charge is 0.491 e. The molecule has 0 atom stereocenters. The van der Waals surface area contributed by atoms with Gasteiger partial charge in [-0.15, -0.1) is 11.3 Å². The second-order valence-electron chi connectivity index (χ2n) is 4.72. The molecule has 0 radical (unpaired) electrons. The van der Waals surface area contributed by atoms with E-state index >= 15 is 0 Å². The highest BCUT2D eigenvalue weighted by Gasteiger charge is 1.99. The fourth-order valence-electron chi connectivity index (χ4n) is 1.77. The van der Waals surface area contributed by atoms with Crippen LogP contribution in [0.25, 0.3) is 0 Å². The molecule has 0 spiro atoms. The van der Waals surface area contributed by atoms with E-state index in [0.717, 1.165) is 31.0 Å². The number of hydrogen-bond acceptors (Lipinski definition) is 4. The quantitative estimate of drug-likeness (QED) is 0.788. The molecule has 0 bridgehead atoms. The molecular weight excluding hydrogens is 256 g/mol. The van der Waals surface area contributed by atoms with Crippen molar-refractivity contribution in [3.05, 3.63) is 46.4 Å². The SMILES string of the molecule is CC(C)Oc1ccc(CNCCc2cscn2)cc1. The fraction of sp³-hybridized carbons (Fsp3) is 0.400. The van der Waals surface area contributed by atoms with Gasteiger partial charge >= 0.3 is 0 Å². The Bertz CT molecular complexity index is 465. The van der Waals surface area contributed by atoms with Crippen molar-refractivity contribution in [2.75, 3.05) is 6.54 Å². The van der Waals surface area contributed by atoms with E-state index in [1.807, 2.05) is 31.5 Å². The molecule has 0 aliphatic heterocycles. The van der Waals surface area contributed by atoms with Crippen molar-refractivity contribution in [1.29, 1.82) is 0 Å². The first-order valence-electron chi connectivity index (χ1n) is 6.57. The summed E-state index contributed by atoms with van der Waals surface area (Å²) in [6, 6.07) is 8.26. The smallest absolute Gasteiger partial charge is 0.119 e. The van der Waals surface area contributed by atoms with Crippen LogP contribution in [0.2, 0.25) is 0 Å². The van der Waals surface area contributed by atoms with Crippen LogP contribution in [0, 0.1) is 0 Å². The van der Waals surface area contributed by atoms with Gasteiger partial charge < -0.3 is 10.1 Å². The summed E-state index contributed by atoms with van der Waals surface area (Å²) in [5, 5.41) is 5.52. The van der Waals surface area contributed by atoms with Gasteiger partial charge in [0.1, 0.15) is 5.75 Å². The van der Waals surface area contributed by atoms with Crippen molar-refractivity contribution in [3.63, 3.8) is 0 Å². The molecule has 0 saturated carbocycles. The van der Waals surface area contributed by atoms with Crippen molar-refractivity contribution < 1.29 is 4.74 Å². The number of thiazole rings is 1. The lowest BCUT2D eigenvalue weighted by Gasteiger charge is -2.10. The predicted molar refractivity (Wildman–Crippen MR) is 79.7 cm³/mol. The van der Waals surface area contributed by atoms with E-state index < -0.39 is 0 Å². The molecule has 0 aliphatic rings. The second kappa shape index (κ2) is 7.26. The summed E-state index contributed by atoms with van der Waals surface area (Å²) >= 11 is 1.65. The Morgan fingerprint density at radius 2 is 2.05 bits per heavy atom. The Labute approximate surface area is 118 Å². The molecule has 1 N–H and O–H groups in total. The summed E-state index contributed by atoms with van der Waals surface area (Å²) in [7, 11) is 0. The maximum Gasteiger partial charge on any atom is 0.119 e. The lowest BCUT2D eigenvalue weighted by atomic mass is 10.2. The first-order chi connectivity index (χ1) is 9.24. The van der Waals surface area contributed by atoms with Crippen LogP contribution >= 0.6 is 11.3 Å². The molecule has 0 saturated heterocycles. The number of benzene rings is 1. The number of aromatic nitrogens is 1. The zero-order valence-corrected chi connectivity index (χ0v) is 12.2. The third-order valence-corrected chi connectivity index (χ3v) is 3.30. The molecule has 0 fully saturated rings. The van der Waals surface area contributed by atoms with Crippen LogP contribution in [0.1, 0.15) is 25.1 Å². The van der Waals surface area contributed by atoms with Crippen LogP contribution in [-0.4, -0.2) is 17.6 Å². The van der Waals surface area contributed by atoms with Gasteiger partial charge in [-0.25, -0.2) is 4.98 Å². The number of rotatable bonds is 7. The van der Waals surface area contributed by atoms with E-state index in [4.69, 9.17) is 4.74 Å².